The zero-order valence-electron chi connectivity index (χ0n) is 41.4. The molecule has 0 spiro atoms. The Hall–Kier alpha value is -3.74. The van der Waals surface area contributed by atoms with Crippen LogP contribution in [0, 0.1) is 0 Å². The summed E-state index contributed by atoms with van der Waals surface area (Å²) in [5.41, 5.74) is 2.19. The van der Waals surface area contributed by atoms with Crippen LogP contribution in [0.5, 0.6) is 0 Å². The molecular weight excluding hydrogens is 833 g/mol. The molecule has 1 aliphatic rings. The van der Waals surface area contributed by atoms with Crippen LogP contribution in [0.1, 0.15) is 124 Å². The molecule has 1 saturated heterocycles. The fourth-order valence-electron chi connectivity index (χ4n) is 8.26. The van der Waals surface area contributed by atoms with Crippen LogP contribution in [-0.4, -0.2) is 139 Å². The van der Waals surface area contributed by atoms with Gasteiger partial charge in [0.1, 0.15) is 16.8 Å². The average Bonchev–Trinajstić information content (AvgIpc) is 3.22. The molecule has 0 amide bonds. The van der Waals surface area contributed by atoms with E-state index in [1.54, 1.807) is 0 Å². The Balaban J connectivity index is 1.34. The summed E-state index contributed by atoms with van der Waals surface area (Å²) in [7, 11) is 0. The summed E-state index contributed by atoms with van der Waals surface area (Å²) < 4.78 is 16.9. The third-order valence-electron chi connectivity index (χ3n) is 11.2. The first kappa shape index (κ1) is 53.9. The number of ether oxygens (including phenoxy) is 3. The Morgan fingerprint density at radius 1 is 0.415 bits per heavy atom. The lowest BCUT2D eigenvalue weighted by Crippen LogP contribution is -2.49. The lowest BCUT2D eigenvalue weighted by atomic mass is 9.84. The predicted molar refractivity (Wildman–Crippen MR) is 267 cm³/mol. The largest absolute Gasteiger partial charge is 0.459 e. The molecule has 360 valence electrons. The molecule has 0 aromatic heterocycles. The average molecular weight is 915 g/mol. The van der Waals surface area contributed by atoms with E-state index in [0.29, 0.717) is 39.3 Å². The number of nitrogens with zero attached hydrogens (tertiary/aromatic N) is 4. The maximum atomic E-state index is 13.1. The molecule has 0 N–H and O–H groups in total. The minimum absolute atomic E-state index is 0.125. The van der Waals surface area contributed by atoms with E-state index in [-0.39, 0.29) is 42.3 Å². The molecule has 1 heterocycles. The Morgan fingerprint density at radius 3 is 1.00 bits per heavy atom. The molecule has 0 unspecified atom stereocenters. The second-order valence-electron chi connectivity index (χ2n) is 20.5. The van der Waals surface area contributed by atoms with Gasteiger partial charge in [0.05, 0.1) is 24.4 Å². The van der Waals surface area contributed by atoms with Crippen molar-refractivity contribution in [2.24, 2.45) is 0 Å². The molecule has 4 rings (SSSR count). The maximum absolute atomic E-state index is 13.1. The van der Waals surface area contributed by atoms with E-state index in [1.165, 1.54) is 48.8 Å². The zero-order chi connectivity index (χ0) is 47.4. The molecule has 3 aromatic carbocycles. The van der Waals surface area contributed by atoms with Crippen molar-refractivity contribution in [3.05, 3.63) is 108 Å². The molecule has 3 aromatic rings. The number of carbonyl (C=O) groups excluding carboxylic acids is 3. The van der Waals surface area contributed by atoms with Gasteiger partial charge in [0.2, 0.25) is 0 Å². The van der Waals surface area contributed by atoms with Gasteiger partial charge in [0, 0.05) is 52.4 Å². The molecule has 1 aliphatic heterocycles. The fraction of sp³-hybridized carbons (Fsp3) is 0.611. The van der Waals surface area contributed by atoms with Crippen LogP contribution in [0.3, 0.4) is 0 Å². The van der Waals surface area contributed by atoms with Crippen LogP contribution >= 0.6 is 11.8 Å². The van der Waals surface area contributed by atoms with Gasteiger partial charge in [-0.2, -0.15) is 0 Å². The molecule has 11 heteroatoms. The third-order valence-corrected chi connectivity index (χ3v) is 12.9. The van der Waals surface area contributed by atoms with Crippen molar-refractivity contribution >= 4 is 29.7 Å². The van der Waals surface area contributed by atoms with Crippen LogP contribution < -0.4 is 0 Å². The van der Waals surface area contributed by atoms with E-state index in [0.717, 1.165) is 38.2 Å². The number of carbonyl (C=O) groups is 3. The van der Waals surface area contributed by atoms with E-state index >= 15 is 0 Å². The van der Waals surface area contributed by atoms with Crippen molar-refractivity contribution in [1.29, 1.82) is 0 Å². The summed E-state index contributed by atoms with van der Waals surface area (Å²) in [5.74, 6) is 0.283. The summed E-state index contributed by atoms with van der Waals surface area (Å²) in [5, 5.41) is 0. The Labute approximate surface area is 397 Å². The summed E-state index contributed by atoms with van der Waals surface area (Å²) in [6.07, 6.45) is 8.28. The minimum atomic E-state index is -0.596. The predicted octanol–water partition coefficient (Wildman–Crippen LogP) is 9.69. The van der Waals surface area contributed by atoms with E-state index in [2.05, 4.69) is 122 Å². The summed E-state index contributed by atoms with van der Waals surface area (Å²) in [4.78, 5) is 48.1. The van der Waals surface area contributed by atoms with Gasteiger partial charge >= 0.3 is 17.9 Å². The Morgan fingerprint density at radius 2 is 0.692 bits per heavy atom. The van der Waals surface area contributed by atoms with E-state index in [1.807, 2.05) is 62.3 Å². The van der Waals surface area contributed by atoms with Crippen molar-refractivity contribution in [1.82, 2.24) is 19.6 Å². The van der Waals surface area contributed by atoms with E-state index in [4.69, 9.17) is 14.2 Å². The topological polar surface area (TPSA) is 91.9 Å². The molecule has 0 atom stereocenters. The maximum Gasteiger partial charge on any atom is 0.320 e. The molecule has 1 fully saturated rings. The fourth-order valence-corrected chi connectivity index (χ4v) is 9.82. The van der Waals surface area contributed by atoms with Gasteiger partial charge in [-0.3, -0.25) is 29.1 Å². The van der Waals surface area contributed by atoms with Gasteiger partial charge in [-0.05, 0) is 104 Å². The number of hydrogen-bond acceptors (Lipinski definition) is 11. The first-order valence-electron chi connectivity index (χ1n) is 24.2. The second-order valence-corrected chi connectivity index (χ2v) is 21.8. The molecular formula is C54H82N4O6S. The van der Waals surface area contributed by atoms with Gasteiger partial charge in [0.15, 0.2) is 0 Å². The van der Waals surface area contributed by atoms with E-state index in [9.17, 15) is 14.4 Å². The quantitative estimate of drug-likeness (QED) is 0.0470. The molecule has 0 saturated carbocycles. The highest BCUT2D eigenvalue weighted by Crippen LogP contribution is 2.48. The first-order valence-corrected chi connectivity index (χ1v) is 25.2. The highest BCUT2D eigenvalue weighted by molar-refractivity contribution is 8.00. The lowest BCUT2D eigenvalue weighted by molar-refractivity contribution is -0.158. The Bertz CT molecular complexity index is 1680. The van der Waals surface area contributed by atoms with Crippen molar-refractivity contribution in [2.75, 3.05) is 84.3 Å². The van der Waals surface area contributed by atoms with Crippen molar-refractivity contribution in [2.45, 2.75) is 129 Å². The van der Waals surface area contributed by atoms with Crippen LogP contribution in [0.15, 0.2) is 91.0 Å². The van der Waals surface area contributed by atoms with Gasteiger partial charge in [0.25, 0.3) is 0 Å². The lowest BCUT2D eigenvalue weighted by Gasteiger charge is -2.35. The van der Waals surface area contributed by atoms with Crippen LogP contribution in [0.25, 0.3) is 0 Å². The second kappa shape index (κ2) is 26.6. The normalized spacial score (nSPS) is 16.0. The molecule has 10 nitrogen and oxygen atoms in total. The molecule has 0 radical (unpaired) electrons. The van der Waals surface area contributed by atoms with Crippen LogP contribution in [-0.2, 0) is 33.3 Å². The van der Waals surface area contributed by atoms with Crippen molar-refractivity contribution in [3.63, 3.8) is 0 Å². The summed E-state index contributed by atoms with van der Waals surface area (Å²) in [6, 6.07) is 32.9. The highest BCUT2D eigenvalue weighted by atomic mass is 32.2. The SMILES string of the molecule is CC(C)(C)OC(=O)CN1CCN(CCCCCCCCCSC(c2ccccc2)(c2ccccc2)c2ccccc2)CCN(CC(=O)OC(C)(C)C)CCN(CC(=O)OC(C)(C)C)CC1. The van der Waals surface area contributed by atoms with Crippen LogP contribution in [0.4, 0.5) is 0 Å². The highest BCUT2D eigenvalue weighted by Gasteiger charge is 2.36. The number of thioether (sulfide) groups is 1. The van der Waals surface area contributed by atoms with Gasteiger partial charge < -0.3 is 19.1 Å². The number of benzene rings is 3. The van der Waals surface area contributed by atoms with E-state index < -0.39 is 16.8 Å². The van der Waals surface area contributed by atoms with Crippen molar-refractivity contribution in [3.8, 4) is 0 Å². The standard InChI is InChI=1S/C54H82N4O6S/c1-51(2,3)62-48(59)42-56-35-33-55(34-36-57(43-49(60)63-52(4,5)6)38-40-58(39-37-56)44-50(61)64-53(7,8)9)32-24-13-11-10-12-14-25-41-65-54(45-26-18-15-19-27-45,46-28-20-16-21-29-46)47-30-22-17-23-31-47/h15-23,26-31H,10-14,24-25,32-44H2,1-9H3. The molecule has 0 aliphatic carbocycles. The number of unbranched alkanes of at least 4 members (excludes halogenated alkanes) is 6. The third kappa shape index (κ3) is 20.8. The minimum Gasteiger partial charge on any atom is -0.459 e. The van der Waals surface area contributed by atoms with Crippen LogP contribution in [0.2, 0.25) is 0 Å². The first-order chi connectivity index (χ1) is 30.8. The molecule has 65 heavy (non-hydrogen) atoms. The zero-order valence-corrected chi connectivity index (χ0v) is 42.3. The number of hydrogen-bond donors (Lipinski definition) is 0. The van der Waals surface area contributed by atoms with Gasteiger partial charge in [-0.25, -0.2) is 0 Å². The Kier molecular flexibility index (Phi) is 22.0. The summed E-state index contributed by atoms with van der Waals surface area (Å²) >= 11 is 2.05. The van der Waals surface area contributed by atoms with Crippen molar-refractivity contribution < 1.29 is 28.6 Å². The smallest absolute Gasteiger partial charge is 0.320 e. The summed E-state index contributed by atoms with van der Waals surface area (Å²) in [6.45, 7) is 23.6. The number of rotatable bonds is 20. The number of esters is 3. The van der Waals surface area contributed by atoms with Gasteiger partial charge in [-0.1, -0.05) is 123 Å². The monoisotopic (exact) mass is 915 g/mol. The molecule has 0 bridgehead atoms. The van der Waals surface area contributed by atoms with Gasteiger partial charge in [-0.15, -0.1) is 11.8 Å².